The van der Waals surface area contributed by atoms with Crippen LogP contribution in [-0.2, 0) is 17.9 Å². The molecule has 1 amide bonds. The summed E-state index contributed by atoms with van der Waals surface area (Å²) in [7, 11) is 0. The first-order valence-electron chi connectivity index (χ1n) is 8.86. The van der Waals surface area contributed by atoms with Crippen LogP contribution in [0.3, 0.4) is 0 Å². The third kappa shape index (κ3) is 3.20. The number of hydrogen-bond acceptors (Lipinski definition) is 6. The van der Waals surface area contributed by atoms with Gasteiger partial charge in [0, 0.05) is 25.3 Å². The molecule has 4 heterocycles. The number of carbonyl (C=O) groups is 1. The van der Waals surface area contributed by atoms with Gasteiger partial charge in [-0.2, -0.15) is 5.10 Å². The van der Waals surface area contributed by atoms with Crippen molar-refractivity contribution in [1.82, 2.24) is 19.6 Å². The number of fused-ring (bicyclic) bond motifs is 2. The van der Waals surface area contributed by atoms with Crippen molar-refractivity contribution < 1.29 is 9.90 Å². The molecule has 1 N–H and O–H groups in total. The number of rotatable bonds is 4. The first-order valence-corrected chi connectivity index (χ1v) is 9.74. The lowest BCUT2D eigenvalue weighted by molar-refractivity contribution is -0.132. The fraction of sp³-hybridized carbons (Fsp3) is 0.588. The second kappa shape index (κ2) is 6.84. The quantitative estimate of drug-likeness (QED) is 0.884. The van der Waals surface area contributed by atoms with E-state index in [0.29, 0.717) is 38.2 Å². The van der Waals surface area contributed by atoms with Gasteiger partial charge < -0.3 is 14.9 Å². The molecular weight excluding hydrogens is 338 g/mol. The number of carbonyl (C=O) groups excluding carboxylic acids is 1. The Labute approximate surface area is 151 Å². The van der Waals surface area contributed by atoms with E-state index in [-0.39, 0.29) is 5.91 Å². The topological polar surface area (TPSA) is 74.0 Å². The molecule has 0 saturated heterocycles. The average Bonchev–Trinajstić information content (AvgIpc) is 3.24. The van der Waals surface area contributed by atoms with E-state index >= 15 is 0 Å². The third-order valence-corrected chi connectivity index (χ3v) is 5.85. The standard InChI is InChI=1S/C17H23N5O2S/c1-2-15(23)14-8-12-10-20(6-7-22(12)19-14)16(24)9-13-11-25-17-18-4-3-5-21(13)17/h8,11,15,23H,2-7,9-10H2,1H3/t15-/m1/s1. The number of hydrogen-bond donors (Lipinski definition) is 1. The van der Waals surface area contributed by atoms with Crippen molar-refractivity contribution in [2.24, 2.45) is 4.99 Å². The maximum absolute atomic E-state index is 12.8. The van der Waals surface area contributed by atoms with E-state index in [0.717, 1.165) is 36.1 Å². The van der Waals surface area contributed by atoms with Crippen LogP contribution >= 0.6 is 11.8 Å². The van der Waals surface area contributed by atoms with E-state index in [1.54, 1.807) is 11.8 Å². The Bertz CT molecular complexity index is 741. The van der Waals surface area contributed by atoms with Gasteiger partial charge in [-0.1, -0.05) is 18.7 Å². The SMILES string of the molecule is CC[C@@H](O)c1cc2n(n1)CCN(C(=O)CC1=CSC3=NCCCN13)C2. The van der Waals surface area contributed by atoms with Crippen molar-refractivity contribution in [3.05, 3.63) is 28.6 Å². The molecule has 134 valence electrons. The molecule has 3 aliphatic heterocycles. The Balaban J connectivity index is 1.41. The van der Waals surface area contributed by atoms with Gasteiger partial charge in [0.05, 0.1) is 37.0 Å². The van der Waals surface area contributed by atoms with Crippen molar-refractivity contribution in [3.8, 4) is 0 Å². The summed E-state index contributed by atoms with van der Waals surface area (Å²) in [4.78, 5) is 21.3. The molecule has 0 saturated carbocycles. The van der Waals surface area contributed by atoms with E-state index in [1.165, 1.54) is 0 Å². The minimum atomic E-state index is -0.528. The minimum Gasteiger partial charge on any atom is -0.387 e. The Morgan fingerprint density at radius 2 is 2.28 bits per heavy atom. The zero-order chi connectivity index (χ0) is 17.4. The third-order valence-electron chi connectivity index (χ3n) is 4.89. The average molecular weight is 361 g/mol. The van der Waals surface area contributed by atoms with Crippen molar-refractivity contribution in [3.63, 3.8) is 0 Å². The number of aromatic nitrogens is 2. The summed E-state index contributed by atoms with van der Waals surface area (Å²) in [6.45, 7) is 5.68. The van der Waals surface area contributed by atoms with Crippen LogP contribution in [0.5, 0.6) is 0 Å². The number of nitrogens with zero attached hydrogens (tertiary/aromatic N) is 5. The molecule has 7 nitrogen and oxygen atoms in total. The number of aliphatic hydroxyl groups is 1. The fourth-order valence-electron chi connectivity index (χ4n) is 3.41. The van der Waals surface area contributed by atoms with E-state index in [2.05, 4.69) is 20.4 Å². The number of amidine groups is 1. The highest BCUT2D eigenvalue weighted by atomic mass is 32.2. The Kier molecular flexibility index (Phi) is 4.56. The van der Waals surface area contributed by atoms with Crippen LogP contribution in [0.4, 0.5) is 0 Å². The number of aliphatic hydroxyl groups excluding tert-OH is 1. The first kappa shape index (κ1) is 16.7. The number of thioether (sulfide) groups is 1. The molecule has 0 aromatic carbocycles. The normalized spacial score (nSPS) is 20.7. The highest BCUT2D eigenvalue weighted by molar-refractivity contribution is 8.16. The van der Waals surface area contributed by atoms with Crippen molar-refractivity contribution in [2.75, 3.05) is 19.6 Å². The summed E-state index contributed by atoms with van der Waals surface area (Å²) in [5, 5.41) is 17.5. The smallest absolute Gasteiger partial charge is 0.228 e. The van der Waals surface area contributed by atoms with Gasteiger partial charge in [-0.25, -0.2) is 0 Å². The van der Waals surface area contributed by atoms with Gasteiger partial charge in [-0.15, -0.1) is 0 Å². The van der Waals surface area contributed by atoms with Gasteiger partial charge in [0.25, 0.3) is 0 Å². The Hall–Kier alpha value is -1.80. The van der Waals surface area contributed by atoms with Gasteiger partial charge in [0.1, 0.15) is 0 Å². The minimum absolute atomic E-state index is 0.142. The monoisotopic (exact) mass is 361 g/mol. The van der Waals surface area contributed by atoms with Crippen LogP contribution in [0.15, 0.2) is 22.2 Å². The molecule has 0 fully saturated rings. The van der Waals surface area contributed by atoms with Crippen molar-refractivity contribution in [2.45, 2.75) is 45.4 Å². The number of aliphatic imine (C=N–C) groups is 1. The largest absolute Gasteiger partial charge is 0.387 e. The first-order chi connectivity index (χ1) is 12.2. The molecule has 4 rings (SSSR count). The van der Waals surface area contributed by atoms with Gasteiger partial charge in [-0.3, -0.25) is 14.5 Å². The number of amides is 1. The van der Waals surface area contributed by atoms with E-state index < -0.39 is 6.10 Å². The lowest BCUT2D eigenvalue weighted by atomic mass is 10.2. The van der Waals surface area contributed by atoms with E-state index in [9.17, 15) is 9.90 Å². The van der Waals surface area contributed by atoms with E-state index in [1.807, 2.05) is 22.6 Å². The summed E-state index contributed by atoms with van der Waals surface area (Å²) in [6, 6.07) is 1.92. The molecule has 25 heavy (non-hydrogen) atoms. The highest BCUT2D eigenvalue weighted by Gasteiger charge is 2.29. The molecule has 0 radical (unpaired) electrons. The maximum Gasteiger partial charge on any atom is 0.228 e. The van der Waals surface area contributed by atoms with Gasteiger partial charge in [0.2, 0.25) is 5.91 Å². The molecule has 0 spiro atoms. The molecule has 0 aliphatic carbocycles. The van der Waals surface area contributed by atoms with Crippen LogP contribution in [0, 0.1) is 0 Å². The molecular formula is C17H23N5O2S. The van der Waals surface area contributed by atoms with Crippen LogP contribution in [0.1, 0.15) is 43.7 Å². The molecule has 8 heteroatoms. The second-order valence-electron chi connectivity index (χ2n) is 6.60. The van der Waals surface area contributed by atoms with Crippen LogP contribution in [-0.4, -0.2) is 55.4 Å². The molecule has 1 atom stereocenters. The second-order valence-corrected chi connectivity index (χ2v) is 7.43. The molecule has 1 aromatic heterocycles. The fourth-order valence-corrected chi connectivity index (χ4v) is 4.37. The van der Waals surface area contributed by atoms with Crippen LogP contribution in [0.25, 0.3) is 0 Å². The van der Waals surface area contributed by atoms with Gasteiger partial charge >= 0.3 is 0 Å². The highest BCUT2D eigenvalue weighted by Crippen LogP contribution is 2.31. The molecule has 1 aromatic rings. The van der Waals surface area contributed by atoms with Gasteiger partial charge in [0.15, 0.2) is 5.17 Å². The lowest BCUT2D eigenvalue weighted by Gasteiger charge is -2.30. The lowest BCUT2D eigenvalue weighted by Crippen LogP contribution is -2.39. The van der Waals surface area contributed by atoms with E-state index in [4.69, 9.17) is 0 Å². The summed E-state index contributed by atoms with van der Waals surface area (Å²) >= 11 is 1.62. The van der Waals surface area contributed by atoms with Crippen LogP contribution in [0.2, 0.25) is 0 Å². The molecule has 3 aliphatic rings. The summed E-state index contributed by atoms with van der Waals surface area (Å²) in [5.41, 5.74) is 2.77. The van der Waals surface area contributed by atoms with Crippen molar-refractivity contribution >= 4 is 22.8 Å². The van der Waals surface area contributed by atoms with Gasteiger partial charge in [-0.05, 0) is 24.3 Å². The summed E-state index contributed by atoms with van der Waals surface area (Å²) < 4.78 is 1.91. The molecule has 0 bridgehead atoms. The predicted molar refractivity (Wildman–Crippen MR) is 96.8 cm³/mol. The zero-order valence-corrected chi connectivity index (χ0v) is 15.2. The van der Waals surface area contributed by atoms with Crippen molar-refractivity contribution in [1.29, 1.82) is 0 Å². The summed E-state index contributed by atoms with van der Waals surface area (Å²) in [6.07, 6.45) is 1.58. The summed E-state index contributed by atoms with van der Waals surface area (Å²) in [5.74, 6) is 0.142. The zero-order valence-electron chi connectivity index (χ0n) is 14.4. The Morgan fingerprint density at radius 1 is 1.40 bits per heavy atom. The predicted octanol–water partition coefficient (Wildman–Crippen LogP) is 1.71. The maximum atomic E-state index is 12.8. The Morgan fingerprint density at radius 3 is 3.12 bits per heavy atom. The molecule has 0 unspecified atom stereocenters. The van der Waals surface area contributed by atoms with Crippen LogP contribution < -0.4 is 0 Å².